The Hall–Kier alpha value is -1.95. The van der Waals surface area contributed by atoms with Crippen LogP contribution in [0.15, 0.2) is 12.3 Å². The lowest BCUT2D eigenvalue weighted by atomic mass is 9.99. The maximum absolute atomic E-state index is 13.1. The normalized spacial score (nSPS) is 21.8. The Kier molecular flexibility index (Phi) is 4.23. The molecule has 2 aliphatic heterocycles. The predicted octanol–water partition coefficient (Wildman–Crippen LogP) is 2.63. The van der Waals surface area contributed by atoms with Crippen LogP contribution in [0.1, 0.15) is 55.2 Å². The molecule has 0 unspecified atom stereocenters. The molecule has 2 fully saturated rings. The number of piperidine rings is 1. The van der Waals surface area contributed by atoms with Gasteiger partial charge in [0.25, 0.3) is 5.91 Å². The lowest BCUT2D eigenvalue weighted by molar-refractivity contribution is 0.0372. The molecule has 2 aromatic heterocycles. The molecule has 0 N–H and O–H groups in total. The highest BCUT2D eigenvalue weighted by Crippen LogP contribution is 2.24. The summed E-state index contributed by atoms with van der Waals surface area (Å²) < 4.78 is 1.91. The minimum absolute atomic E-state index is 0.120. The van der Waals surface area contributed by atoms with Crippen molar-refractivity contribution in [3.8, 4) is 0 Å². The van der Waals surface area contributed by atoms with Crippen LogP contribution in [0.5, 0.6) is 0 Å². The molecule has 2 aliphatic rings. The fourth-order valence-corrected chi connectivity index (χ4v) is 4.17. The number of rotatable bonds is 2. The summed E-state index contributed by atoms with van der Waals surface area (Å²) in [4.78, 5) is 22.4. The zero-order chi connectivity index (χ0) is 17.6. The van der Waals surface area contributed by atoms with Crippen molar-refractivity contribution in [3.05, 3.63) is 23.5 Å². The highest BCUT2D eigenvalue weighted by molar-refractivity contribution is 5.98. The molecule has 25 heavy (non-hydrogen) atoms. The Morgan fingerprint density at radius 1 is 1.24 bits per heavy atom. The summed E-state index contributed by atoms with van der Waals surface area (Å²) in [5.74, 6) is 0.120. The zero-order valence-electron chi connectivity index (χ0n) is 15.4. The molecule has 6 nitrogen and oxygen atoms in total. The summed E-state index contributed by atoms with van der Waals surface area (Å²) in [6.07, 6.45) is 5.60. The van der Waals surface area contributed by atoms with Crippen LogP contribution in [-0.2, 0) is 0 Å². The molecular weight excluding hydrogens is 314 g/mol. The number of hydrogen-bond donors (Lipinski definition) is 0. The second-order valence-electron chi connectivity index (χ2n) is 7.65. The van der Waals surface area contributed by atoms with Gasteiger partial charge in [-0.05, 0) is 46.2 Å². The average molecular weight is 341 g/mol. The van der Waals surface area contributed by atoms with Gasteiger partial charge in [-0.1, -0.05) is 6.42 Å². The van der Waals surface area contributed by atoms with Gasteiger partial charge in [0.15, 0.2) is 5.65 Å². The van der Waals surface area contributed by atoms with Crippen molar-refractivity contribution >= 4 is 16.9 Å². The Morgan fingerprint density at radius 2 is 2.08 bits per heavy atom. The number of amides is 1. The molecule has 2 saturated heterocycles. The lowest BCUT2D eigenvalue weighted by Crippen LogP contribution is -2.56. The molecule has 1 amide bonds. The zero-order valence-corrected chi connectivity index (χ0v) is 15.4. The molecule has 4 heterocycles. The van der Waals surface area contributed by atoms with Crippen molar-refractivity contribution < 1.29 is 4.79 Å². The SMILES string of the molecule is Cc1nc2c(cnn2C(C)C)cc1C(=O)N1CCN2CCCC[C@H]2C1. The summed E-state index contributed by atoms with van der Waals surface area (Å²) in [6, 6.07) is 2.76. The maximum Gasteiger partial charge on any atom is 0.255 e. The van der Waals surface area contributed by atoms with E-state index in [1.54, 1.807) is 0 Å². The van der Waals surface area contributed by atoms with Crippen LogP contribution in [0.3, 0.4) is 0 Å². The van der Waals surface area contributed by atoms with Gasteiger partial charge in [-0.2, -0.15) is 5.10 Å². The van der Waals surface area contributed by atoms with Crippen molar-refractivity contribution in [2.75, 3.05) is 26.2 Å². The first kappa shape index (κ1) is 16.5. The highest BCUT2D eigenvalue weighted by atomic mass is 16.2. The molecule has 4 rings (SSSR count). The molecule has 2 aromatic rings. The smallest absolute Gasteiger partial charge is 0.255 e. The van der Waals surface area contributed by atoms with E-state index in [0.29, 0.717) is 6.04 Å². The molecule has 1 atom stereocenters. The fraction of sp³-hybridized carbons (Fsp3) is 0.632. The van der Waals surface area contributed by atoms with Crippen LogP contribution < -0.4 is 0 Å². The van der Waals surface area contributed by atoms with Crippen molar-refractivity contribution in [1.29, 1.82) is 0 Å². The van der Waals surface area contributed by atoms with E-state index in [-0.39, 0.29) is 11.9 Å². The van der Waals surface area contributed by atoms with Crippen LogP contribution in [0.2, 0.25) is 0 Å². The summed E-state index contributed by atoms with van der Waals surface area (Å²) >= 11 is 0. The Bertz CT molecular complexity index is 796. The molecule has 6 heteroatoms. The van der Waals surface area contributed by atoms with Crippen LogP contribution in [-0.4, -0.2) is 62.7 Å². The summed E-state index contributed by atoms with van der Waals surface area (Å²) in [5.41, 5.74) is 2.38. The second-order valence-corrected chi connectivity index (χ2v) is 7.65. The van der Waals surface area contributed by atoms with Crippen LogP contribution in [0.4, 0.5) is 0 Å². The molecule has 134 valence electrons. The maximum atomic E-state index is 13.1. The molecule has 0 aliphatic carbocycles. The second kappa shape index (κ2) is 6.41. The van der Waals surface area contributed by atoms with Crippen molar-refractivity contribution in [1.82, 2.24) is 24.6 Å². The third-order valence-electron chi connectivity index (χ3n) is 5.60. The summed E-state index contributed by atoms with van der Waals surface area (Å²) in [6.45, 7) is 9.96. The molecular formula is C19H27N5O. The number of carbonyl (C=O) groups is 1. The lowest BCUT2D eigenvalue weighted by Gasteiger charge is -2.44. The number of nitrogens with zero attached hydrogens (tertiary/aromatic N) is 5. The van der Waals surface area contributed by atoms with Crippen molar-refractivity contribution in [2.24, 2.45) is 0 Å². The molecule has 0 saturated carbocycles. The van der Waals surface area contributed by atoms with Gasteiger partial charge in [-0.15, -0.1) is 0 Å². The van der Waals surface area contributed by atoms with Gasteiger partial charge >= 0.3 is 0 Å². The first-order valence-corrected chi connectivity index (χ1v) is 9.43. The van der Waals surface area contributed by atoms with E-state index in [9.17, 15) is 4.79 Å². The predicted molar refractivity (Wildman–Crippen MR) is 97.8 cm³/mol. The number of fused-ring (bicyclic) bond motifs is 2. The Balaban J connectivity index is 1.60. The topological polar surface area (TPSA) is 54.3 Å². The van der Waals surface area contributed by atoms with Crippen LogP contribution in [0.25, 0.3) is 11.0 Å². The molecule has 0 bridgehead atoms. The third kappa shape index (κ3) is 2.92. The summed E-state index contributed by atoms with van der Waals surface area (Å²) in [7, 11) is 0. The fourth-order valence-electron chi connectivity index (χ4n) is 4.17. The highest BCUT2D eigenvalue weighted by Gasteiger charge is 2.32. The minimum atomic E-state index is 0.120. The largest absolute Gasteiger partial charge is 0.336 e. The van der Waals surface area contributed by atoms with Crippen LogP contribution >= 0.6 is 0 Å². The van der Waals surface area contributed by atoms with E-state index in [4.69, 9.17) is 4.98 Å². The first-order chi connectivity index (χ1) is 12.0. The Labute approximate surface area is 148 Å². The van der Waals surface area contributed by atoms with Gasteiger partial charge < -0.3 is 4.90 Å². The molecule has 0 radical (unpaired) electrons. The van der Waals surface area contributed by atoms with E-state index in [1.807, 2.05) is 28.8 Å². The van der Waals surface area contributed by atoms with E-state index >= 15 is 0 Å². The molecule has 0 spiro atoms. The van der Waals surface area contributed by atoms with E-state index in [0.717, 1.165) is 41.9 Å². The third-order valence-corrected chi connectivity index (χ3v) is 5.60. The first-order valence-electron chi connectivity index (χ1n) is 9.43. The number of carbonyl (C=O) groups excluding carboxylic acids is 1. The van der Waals surface area contributed by atoms with Gasteiger partial charge in [0.05, 0.1) is 17.5 Å². The Morgan fingerprint density at radius 3 is 2.88 bits per heavy atom. The van der Waals surface area contributed by atoms with Crippen molar-refractivity contribution in [2.45, 2.75) is 52.1 Å². The van der Waals surface area contributed by atoms with Crippen LogP contribution in [0, 0.1) is 6.92 Å². The monoisotopic (exact) mass is 341 g/mol. The average Bonchev–Trinajstić information content (AvgIpc) is 3.03. The van der Waals surface area contributed by atoms with Crippen molar-refractivity contribution in [3.63, 3.8) is 0 Å². The molecule has 0 aromatic carbocycles. The summed E-state index contributed by atoms with van der Waals surface area (Å²) in [5, 5.41) is 5.37. The standard InChI is InChI=1S/C19H27N5O/c1-13(2)24-18-15(11-20-24)10-17(14(3)21-18)19(25)23-9-8-22-7-5-4-6-16(22)12-23/h10-11,13,16H,4-9,12H2,1-3H3/t16-/m0/s1. The number of aryl methyl sites for hydroxylation is 1. The quantitative estimate of drug-likeness (QED) is 0.843. The number of aromatic nitrogens is 3. The van der Waals surface area contributed by atoms with E-state index < -0.39 is 0 Å². The number of pyridine rings is 1. The van der Waals surface area contributed by atoms with E-state index in [1.165, 1.54) is 25.8 Å². The number of piperazine rings is 1. The van der Waals surface area contributed by atoms with Gasteiger partial charge in [0.1, 0.15) is 0 Å². The van der Waals surface area contributed by atoms with Gasteiger partial charge in [0.2, 0.25) is 0 Å². The van der Waals surface area contributed by atoms with Gasteiger partial charge in [0, 0.05) is 37.1 Å². The van der Waals surface area contributed by atoms with Gasteiger partial charge in [-0.3, -0.25) is 9.69 Å². The number of hydrogen-bond acceptors (Lipinski definition) is 4. The van der Waals surface area contributed by atoms with Gasteiger partial charge in [-0.25, -0.2) is 9.67 Å². The van der Waals surface area contributed by atoms with E-state index in [2.05, 4.69) is 23.8 Å². The minimum Gasteiger partial charge on any atom is -0.336 e.